The average molecular weight is 401 g/mol. The summed E-state index contributed by atoms with van der Waals surface area (Å²) in [4.78, 5) is 12.0. The Kier molecular flexibility index (Phi) is 5.50. The van der Waals surface area contributed by atoms with Crippen LogP contribution in [0.1, 0.15) is 12.5 Å². The second-order valence-electron chi connectivity index (χ2n) is 5.42. The minimum Gasteiger partial charge on any atom is -0.484 e. The van der Waals surface area contributed by atoms with Gasteiger partial charge in [0.15, 0.2) is 6.61 Å². The SMILES string of the molecule is CCc1ccc(OCC(=O)Nc2cc(-c3ccc(Br)cc3)no2)cc1. The van der Waals surface area contributed by atoms with Gasteiger partial charge in [-0.05, 0) is 36.2 Å². The van der Waals surface area contributed by atoms with E-state index in [-0.39, 0.29) is 18.4 Å². The highest BCUT2D eigenvalue weighted by molar-refractivity contribution is 9.10. The van der Waals surface area contributed by atoms with Gasteiger partial charge in [-0.15, -0.1) is 0 Å². The predicted octanol–water partition coefficient (Wildman–Crippen LogP) is 4.68. The van der Waals surface area contributed by atoms with Gasteiger partial charge in [-0.3, -0.25) is 10.1 Å². The van der Waals surface area contributed by atoms with Gasteiger partial charge in [-0.25, -0.2) is 0 Å². The Balaban J connectivity index is 1.55. The maximum Gasteiger partial charge on any atom is 0.264 e. The zero-order chi connectivity index (χ0) is 17.6. The first-order valence-electron chi connectivity index (χ1n) is 7.88. The lowest BCUT2D eigenvalue weighted by Crippen LogP contribution is -2.19. The summed E-state index contributed by atoms with van der Waals surface area (Å²) in [5, 5.41) is 6.59. The van der Waals surface area contributed by atoms with Crippen LogP contribution in [-0.4, -0.2) is 17.7 Å². The Morgan fingerprint density at radius 3 is 2.56 bits per heavy atom. The predicted molar refractivity (Wildman–Crippen MR) is 99.6 cm³/mol. The number of anilines is 1. The summed E-state index contributed by atoms with van der Waals surface area (Å²) in [6.07, 6.45) is 0.965. The quantitative estimate of drug-likeness (QED) is 0.651. The summed E-state index contributed by atoms with van der Waals surface area (Å²) in [6.45, 7) is 1.99. The van der Waals surface area contributed by atoms with Crippen LogP contribution in [0.15, 0.2) is 63.6 Å². The van der Waals surface area contributed by atoms with E-state index in [1.54, 1.807) is 6.07 Å². The van der Waals surface area contributed by atoms with Crippen molar-refractivity contribution in [1.82, 2.24) is 5.16 Å². The van der Waals surface area contributed by atoms with E-state index in [2.05, 4.69) is 33.3 Å². The molecule has 0 atom stereocenters. The number of halogens is 1. The lowest BCUT2D eigenvalue weighted by atomic mass is 10.1. The lowest BCUT2D eigenvalue weighted by Gasteiger charge is -2.06. The fourth-order valence-corrected chi connectivity index (χ4v) is 2.50. The topological polar surface area (TPSA) is 64.4 Å². The van der Waals surface area contributed by atoms with Crippen LogP contribution in [-0.2, 0) is 11.2 Å². The third-order valence-corrected chi connectivity index (χ3v) is 4.14. The molecule has 6 heteroatoms. The molecule has 0 fully saturated rings. The highest BCUT2D eigenvalue weighted by atomic mass is 79.9. The first kappa shape index (κ1) is 17.2. The van der Waals surface area contributed by atoms with Crippen LogP contribution in [0.4, 0.5) is 5.88 Å². The van der Waals surface area contributed by atoms with E-state index in [9.17, 15) is 4.79 Å². The van der Waals surface area contributed by atoms with Crippen LogP contribution >= 0.6 is 15.9 Å². The van der Waals surface area contributed by atoms with Crippen molar-refractivity contribution in [3.05, 3.63) is 64.6 Å². The largest absolute Gasteiger partial charge is 0.484 e. The molecule has 1 heterocycles. The highest BCUT2D eigenvalue weighted by Gasteiger charge is 2.10. The Hall–Kier alpha value is -2.60. The molecule has 0 bridgehead atoms. The summed E-state index contributed by atoms with van der Waals surface area (Å²) in [6, 6.07) is 17.0. The zero-order valence-corrected chi connectivity index (χ0v) is 15.2. The van der Waals surface area contributed by atoms with E-state index in [1.807, 2.05) is 48.5 Å². The van der Waals surface area contributed by atoms with Crippen molar-refractivity contribution in [1.29, 1.82) is 0 Å². The van der Waals surface area contributed by atoms with E-state index >= 15 is 0 Å². The van der Waals surface area contributed by atoms with Gasteiger partial charge in [0.25, 0.3) is 5.91 Å². The molecule has 0 spiro atoms. The fraction of sp³-hybridized carbons (Fsp3) is 0.158. The first-order valence-corrected chi connectivity index (χ1v) is 8.67. The maximum absolute atomic E-state index is 12.0. The molecule has 128 valence electrons. The van der Waals surface area contributed by atoms with Crippen LogP contribution in [0.2, 0.25) is 0 Å². The van der Waals surface area contributed by atoms with Gasteiger partial charge in [0.2, 0.25) is 5.88 Å². The molecule has 1 amide bonds. The second-order valence-corrected chi connectivity index (χ2v) is 6.33. The van der Waals surface area contributed by atoms with Gasteiger partial charge >= 0.3 is 0 Å². The number of aryl methyl sites for hydroxylation is 1. The molecular weight excluding hydrogens is 384 g/mol. The summed E-state index contributed by atoms with van der Waals surface area (Å²) < 4.78 is 11.6. The number of carbonyl (C=O) groups excluding carboxylic acids is 1. The molecule has 0 aliphatic rings. The van der Waals surface area contributed by atoms with E-state index in [0.717, 1.165) is 16.5 Å². The molecule has 0 unspecified atom stereocenters. The van der Waals surface area contributed by atoms with Crippen molar-refractivity contribution in [2.24, 2.45) is 0 Å². The average Bonchev–Trinajstić information content (AvgIpc) is 3.09. The number of hydrogen-bond donors (Lipinski definition) is 1. The van der Waals surface area contributed by atoms with Crippen molar-refractivity contribution in [3.63, 3.8) is 0 Å². The third-order valence-electron chi connectivity index (χ3n) is 3.61. The van der Waals surface area contributed by atoms with Gasteiger partial charge in [0.1, 0.15) is 11.4 Å². The smallest absolute Gasteiger partial charge is 0.264 e. The Labute approximate surface area is 154 Å². The van der Waals surface area contributed by atoms with Crippen LogP contribution < -0.4 is 10.1 Å². The number of ether oxygens (including phenoxy) is 1. The molecule has 0 aliphatic heterocycles. The van der Waals surface area contributed by atoms with Gasteiger partial charge in [0, 0.05) is 16.1 Å². The molecule has 2 aromatic carbocycles. The molecule has 1 N–H and O–H groups in total. The van der Waals surface area contributed by atoms with Crippen LogP contribution in [0.25, 0.3) is 11.3 Å². The van der Waals surface area contributed by atoms with Crippen molar-refractivity contribution in [3.8, 4) is 17.0 Å². The van der Waals surface area contributed by atoms with Crippen molar-refractivity contribution < 1.29 is 14.1 Å². The number of nitrogens with zero attached hydrogens (tertiary/aromatic N) is 1. The van der Waals surface area contributed by atoms with Gasteiger partial charge in [-0.2, -0.15) is 0 Å². The van der Waals surface area contributed by atoms with E-state index in [1.165, 1.54) is 5.56 Å². The maximum atomic E-state index is 12.0. The van der Waals surface area contributed by atoms with Crippen LogP contribution in [0, 0.1) is 0 Å². The van der Waals surface area contributed by atoms with E-state index < -0.39 is 0 Å². The number of aromatic nitrogens is 1. The summed E-state index contributed by atoms with van der Waals surface area (Å²) in [5.41, 5.74) is 2.78. The molecular formula is C19H17BrN2O3. The molecule has 0 aliphatic carbocycles. The Bertz CT molecular complexity index is 842. The minimum atomic E-state index is -0.307. The summed E-state index contributed by atoms with van der Waals surface area (Å²) >= 11 is 3.39. The first-order chi connectivity index (χ1) is 12.1. The summed E-state index contributed by atoms with van der Waals surface area (Å²) in [7, 11) is 0. The molecule has 5 nitrogen and oxygen atoms in total. The fourth-order valence-electron chi connectivity index (χ4n) is 2.23. The second kappa shape index (κ2) is 7.98. The zero-order valence-electron chi connectivity index (χ0n) is 13.7. The standard InChI is InChI=1S/C19H17BrN2O3/c1-2-13-3-9-16(10-4-13)24-12-18(23)21-19-11-17(22-25-19)14-5-7-15(20)8-6-14/h3-11H,2,12H2,1H3,(H,21,23). The van der Waals surface area contributed by atoms with E-state index in [0.29, 0.717) is 11.4 Å². The molecule has 0 radical (unpaired) electrons. The molecule has 25 heavy (non-hydrogen) atoms. The van der Waals surface area contributed by atoms with E-state index in [4.69, 9.17) is 9.26 Å². The van der Waals surface area contributed by atoms with Gasteiger partial charge in [-0.1, -0.05) is 52.3 Å². The number of amides is 1. The highest BCUT2D eigenvalue weighted by Crippen LogP contribution is 2.23. The number of rotatable bonds is 6. The summed E-state index contributed by atoms with van der Waals surface area (Å²) in [5.74, 6) is 0.631. The van der Waals surface area contributed by atoms with Crippen LogP contribution in [0.3, 0.4) is 0 Å². The molecule has 0 saturated heterocycles. The molecule has 3 aromatic rings. The van der Waals surface area contributed by atoms with Gasteiger partial charge in [0.05, 0.1) is 0 Å². The minimum absolute atomic E-state index is 0.0974. The van der Waals surface area contributed by atoms with Crippen molar-refractivity contribution in [2.45, 2.75) is 13.3 Å². The molecule has 0 saturated carbocycles. The monoisotopic (exact) mass is 400 g/mol. The van der Waals surface area contributed by atoms with Gasteiger partial charge < -0.3 is 9.26 Å². The lowest BCUT2D eigenvalue weighted by molar-refractivity contribution is -0.118. The molecule has 3 rings (SSSR count). The van der Waals surface area contributed by atoms with Crippen molar-refractivity contribution >= 4 is 27.7 Å². The Morgan fingerprint density at radius 2 is 1.88 bits per heavy atom. The third kappa shape index (κ3) is 4.70. The van der Waals surface area contributed by atoms with Crippen LogP contribution in [0.5, 0.6) is 5.75 Å². The number of carbonyl (C=O) groups is 1. The number of nitrogens with one attached hydrogen (secondary N) is 1. The normalized spacial score (nSPS) is 10.5. The Morgan fingerprint density at radius 1 is 1.16 bits per heavy atom. The van der Waals surface area contributed by atoms with Crippen molar-refractivity contribution in [2.75, 3.05) is 11.9 Å². The number of benzene rings is 2. The molecule has 1 aromatic heterocycles. The number of hydrogen-bond acceptors (Lipinski definition) is 4.